The normalized spacial score (nSPS) is 16.7. The number of thioether (sulfide) groups is 1. The van der Waals surface area contributed by atoms with Crippen molar-refractivity contribution in [1.82, 2.24) is 14.5 Å². The first kappa shape index (κ1) is 18.2. The predicted octanol–water partition coefficient (Wildman–Crippen LogP) is 2.85. The van der Waals surface area contributed by atoms with E-state index in [1.807, 2.05) is 23.1 Å². The van der Waals surface area contributed by atoms with Crippen LogP contribution in [0.3, 0.4) is 0 Å². The molecule has 2 aliphatic heterocycles. The SMILES string of the molecule is O=C(c1ccc2c(=O)n3c(nc2c1)SCCC3)N1CCN(c2ccccc2)CC1. The summed E-state index contributed by atoms with van der Waals surface area (Å²) in [6.45, 7) is 3.71. The van der Waals surface area contributed by atoms with Gasteiger partial charge in [-0.3, -0.25) is 14.2 Å². The van der Waals surface area contributed by atoms with Gasteiger partial charge in [-0.1, -0.05) is 30.0 Å². The van der Waals surface area contributed by atoms with Crippen molar-refractivity contribution in [3.63, 3.8) is 0 Å². The Balaban J connectivity index is 1.37. The molecule has 3 aromatic rings. The average Bonchev–Trinajstić information content (AvgIpc) is 2.79. The quantitative estimate of drug-likeness (QED) is 0.613. The van der Waals surface area contributed by atoms with E-state index in [4.69, 9.17) is 0 Å². The van der Waals surface area contributed by atoms with Gasteiger partial charge in [0.2, 0.25) is 0 Å². The van der Waals surface area contributed by atoms with Crippen molar-refractivity contribution in [1.29, 1.82) is 0 Å². The third kappa shape index (κ3) is 3.40. The molecule has 3 heterocycles. The molecule has 6 nitrogen and oxygen atoms in total. The van der Waals surface area contributed by atoms with E-state index in [-0.39, 0.29) is 11.5 Å². The number of nitrogens with zero attached hydrogens (tertiary/aromatic N) is 4. The second kappa shape index (κ2) is 7.55. The van der Waals surface area contributed by atoms with E-state index in [1.165, 1.54) is 5.69 Å². The molecule has 2 aromatic carbocycles. The van der Waals surface area contributed by atoms with Crippen LogP contribution in [0, 0.1) is 0 Å². The van der Waals surface area contributed by atoms with Crippen LogP contribution in [0.5, 0.6) is 0 Å². The van der Waals surface area contributed by atoms with Crippen molar-refractivity contribution in [3.8, 4) is 0 Å². The molecule has 0 atom stereocenters. The van der Waals surface area contributed by atoms with Gasteiger partial charge >= 0.3 is 0 Å². The van der Waals surface area contributed by atoms with Crippen LogP contribution in [-0.2, 0) is 6.54 Å². The maximum absolute atomic E-state index is 13.1. The summed E-state index contributed by atoms with van der Waals surface area (Å²) in [4.78, 5) is 34.6. The first-order chi connectivity index (χ1) is 14.2. The Morgan fingerprint density at radius 3 is 2.55 bits per heavy atom. The van der Waals surface area contributed by atoms with Crippen LogP contribution in [0.25, 0.3) is 10.9 Å². The molecule has 2 aliphatic rings. The first-order valence-electron chi connectivity index (χ1n) is 9.97. The zero-order chi connectivity index (χ0) is 19.8. The van der Waals surface area contributed by atoms with Crippen molar-refractivity contribution in [2.24, 2.45) is 0 Å². The van der Waals surface area contributed by atoms with Gasteiger partial charge < -0.3 is 9.80 Å². The van der Waals surface area contributed by atoms with E-state index < -0.39 is 0 Å². The van der Waals surface area contributed by atoms with Crippen LogP contribution in [-0.4, -0.2) is 52.3 Å². The molecule has 0 bridgehead atoms. The van der Waals surface area contributed by atoms with Crippen molar-refractivity contribution in [3.05, 3.63) is 64.4 Å². The zero-order valence-electron chi connectivity index (χ0n) is 16.1. The molecular weight excluding hydrogens is 384 g/mol. The van der Waals surface area contributed by atoms with Gasteiger partial charge in [-0.25, -0.2) is 4.98 Å². The van der Waals surface area contributed by atoms with Crippen LogP contribution < -0.4 is 10.5 Å². The van der Waals surface area contributed by atoms with Crippen LogP contribution in [0.2, 0.25) is 0 Å². The van der Waals surface area contributed by atoms with Crippen molar-refractivity contribution in [2.45, 2.75) is 18.1 Å². The van der Waals surface area contributed by atoms with E-state index in [1.54, 1.807) is 34.5 Å². The van der Waals surface area contributed by atoms with Gasteiger partial charge in [0.05, 0.1) is 10.9 Å². The predicted molar refractivity (Wildman–Crippen MR) is 116 cm³/mol. The third-order valence-corrected chi connectivity index (χ3v) is 6.68. The molecule has 29 heavy (non-hydrogen) atoms. The van der Waals surface area contributed by atoms with Gasteiger partial charge in [0.25, 0.3) is 11.5 Å². The molecular formula is C22H22N4O2S. The lowest BCUT2D eigenvalue weighted by Gasteiger charge is -2.36. The molecule has 5 rings (SSSR count). The Bertz CT molecular complexity index is 1120. The zero-order valence-corrected chi connectivity index (χ0v) is 16.9. The molecule has 1 aromatic heterocycles. The van der Waals surface area contributed by atoms with Gasteiger partial charge in [-0.2, -0.15) is 0 Å². The Hall–Kier alpha value is -2.80. The topological polar surface area (TPSA) is 58.4 Å². The smallest absolute Gasteiger partial charge is 0.262 e. The highest BCUT2D eigenvalue weighted by Gasteiger charge is 2.23. The van der Waals surface area contributed by atoms with Gasteiger partial charge in [-0.15, -0.1) is 0 Å². The number of benzene rings is 2. The van der Waals surface area contributed by atoms with Crippen LogP contribution in [0.15, 0.2) is 58.5 Å². The molecule has 0 saturated carbocycles. The molecule has 0 N–H and O–H groups in total. The minimum Gasteiger partial charge on any atom is -0.368 e. The average molecular weight is 407 g/mol. The number of hydrogen-bond acceptors (Lipinski definition) is 5. The number of carbonyl (C=O) groups is 1. The summed E-state index contributed by atoms with van der Waals surface area (Å²) >= 11 is 1.61. The van der Waals surface area contributed by atoms with Crippen molar-refractivity contribution >= 4 is 34.3 Å². The molecule has 0 radical (unpaired) electrons. The summed E-state index contributed by atoms with van der Waals surface area (Å²) < 4.78 is 1.75. The number of amides is 1. The van der Waals surface area contributed by atoms with Gasteiger partial charge in [-0.05, 0) is 36.8 Å². The van der Waals surface area contributed by atoms with Gasteiger partial charge in [0.1, 0.15) is 0 Å². The number of rotatable bonds is 2. The summed E-state index contributed by atoms with van der Waals surface area (Å²) in [5.74, 6) is 0.981. The van der Waals surface area contributed by atoms with Crippen LogP contribution >= 0.6 is 11.8 Å². The third-order valence-electron chi connectivity index (χ3n) is 5.61. The Morgan fingerprint density at radius 2 is 1.76 bits per heavy atom. The molecule has 7 heteroatoms. The first-order valence-corrected chi connectivity index (χ1v) is 11.0. The number of anilines is 1. The number of para-hydroxylation sites is 1. The summed E-state index contributed by atoms with van der Waals surface area (Å²) in [6.07, 6.45) is 0.982. The minimum absolute atomic E-state index is 0.00638. The Kier molecular flexibility index (Phi) is 4.75. The number of carbonyl (C=O) groups excluding carboxylic acids is 1. The van der Waals surface area contributed by atoms with E-state index in [2.05, 4.69) is 22.0 Å². The molecule has 1 fully saturated rings. The monoisotopic (exact) mass is 406 g/mol. The Labute approximate surface area is 173 Å². The van der Waals surface area contributed by atoms with E-state index in [9.17, 15) is 9.59 Å². The van der Waals surface area contributed by atoms with Gasteiger partial charge in [0, 0.05) is 49.7 Å². The molecule has 0 aliphatic carbocycles. The van der Waals surface area contributed by atoms with Crippen LogP contribution in [0.4, 0.5) is 5.69 Å². The Morgan fingerprint density at radius 1 is 0.966 bits per heavy atom. The maximum Gasteiger partial charge on any atom is 0.262 e. The maximum atomic E-state index is 13.1. The summed E-state index contributed by atoms with van der Waals surface area (Å²) in [6, 6.07) is 15.6. The van der Waals surface area contributed by atoms with E-state index >= 15 is 0 Å². The lowest BCUT2D eigenvalue weighted by molar-refractivity contribution is 0.0747. The number of aromatic nitrogens is 2. The fourth-order valence-electron chi connectivity index (χ4n) is 4.02. The molecule has 148 valence electrons. The summed E-state index contributed by atoms with van der Waals surface area (Å²) in [7, 11) is 0. The standard InChI is InChI=1S/C22H22N4O2S/c27-20(25-12-10-24(11-13-25)17-5-2-1-3-6-17)16-7-8-18-19(15-16)23-22-26(21(18)28)9-4-14-29-22/h1-3,5-8,15H,4,9-14H2. The minimum atomic E-state index is -0.00678. The van der Waals surface area contributed by atoms with Gasteiger partial charge in [0.15, 0.2) is 5.16 Å². The fraction of sp³-hybridized carbons (Fsp3) is 0.318. The lowest BCUT2D eigenvalue weighted by Crippen LogP contribution is -2.48. The van der Waals surface area contributed by atoms with E-state index in [0.29, 0.717) is 29.6 Å². The fourth-order valence-corrected chi connectivity index (χ4v) is 4.97. The van der Waals surface area contributed by atoms with Crippen molar-refractivity contribution in [2.75, 3.05) is 36.8 Å². The summed E-state index contributed by atoms with van der Waals surface area (Å²) in [5, 5.41) is 1.34. The second-order valence-corrected chi connectivity index (χ2v) is 8.46. The van der Waals surface area contributed by atoms with E-state index in [0.717, 1.165) is 37.0 Å². The second-order valence-electron chi connectivity index (χ2n) is 7.40. The number of hydrogen-bond donors (Lipinski definition) is 0. The largest absolute Gasteiger partial charge is 0.368 e. The lowest BCUT2D eigenvalue weighted by atomic mass is 10.1. The molecule has 1 amide bonds. The highest BCUT2D eigenvalue weighted by Crippen LogP contribution is 2.24. The molecule has 1 saturated heterocycles. The van der Waals surface area contributed by atoms with Crippen LogP contribution in [0.1, 0.15) is 16.8 Å². The number of fused-ring (bicyclic) bond motifs is 2. The molecule has 0 spiro atoms. The van der Waals surface area contributed by atoms with Crippen molar-refractivity contribution < 1.29 is 4.79 Å². The number of piperazine rings is 1. The molecule has 0 unspecified atom stereocenters. The highest BCUT2D eigenvalue weighted by atomic mass is 32.2. The highest BCUT2D eigenvalue weighted by molar-refractivity contribution is 7.99. The summed E-state index contributed by atoms with van der Waals surface area (Å²) in [5.41, 5.74) is 2.40.